The van der Waals surface area contributed by atoms with Crippen LogP contribution in [0.15, 0.2) is 10.5 Å². The van der Waals surface area contributed by atoms with Crippen LogP contribution in [0.4, 0.5) is 0 Å². The Morgan fingerprint density at radius 3 is 2.38 bits per heavy atom. The minimum Gasteiger partial charge on any atom is -0.496 e. The quantitative estimate of drug-likeness (QED) is 0.801. The van der Waals surface area contributed by atoms with Crippen molar-refractivity contribution in [1.29, 1.82) is 0 Å². The van der Waals surface area contributed by atoms with E-state index >= 15 is 0 Å². The first-order valence-corrected chi connectivity index (χ1v) is 7.78. The van der Waals surface area contributed by atoms with Crippen molar-refractivity contribution in [3.8, 4) is 5.75 Å². The van der Waals surface area contributed by atoms with Gasteiger partial charge in [-0.3, -0.25) is 0 Å². The van der Waals surface area contributed by atoms with E-state index in [1.54, 1.807) is 0 Å². The largest absolute Gasteiger partial charge is 0.496 e. The number of aryl methyl sites for hydroxylation is 2. The van der Waals surface area contributed by atoms with E-state index in [1.165, 1.54) is 7.11 Å². The molecule has 0 aromatic heterocycles. The summed E-state index contributed by atoms with van der Waals surface area (Å²) in [6, 6.07) is 1.92. The van der Waals surface area contributed by atoms with E-state index in [0.29, 0.717) is 11.3 Å². The molecule has 1 rings (SSSR count). The van der Waals surface area contributed by atoms with Crippen LogP contribution >= 0.6 is 26.6 Å². The van der Waals surface area contributed by atoms with Gasteiger partial charge in [0.1, 0.15) is 5.75 Å². The molecule has 0 spiro atoms. The number of benzene rings is 1. The Bertz CT molecular complexity index is 511. The van der Waals surface area contributed by atoms with Gasteiger partial charge >= 0.3 is 0 Å². The van der Waals surface area contributed by atoms with Crippen molar-refractivity contribution in [2.45, 2.75) is 19.6 Å². The lowest BCUT2D eigenvalue weighted by Crippen LogP contribution is -2.02. The molecule has 0 aliphatic heterocycles. The molecule has 0 aliphatic rings. The number of hydrogen-bond acceptors (Lipinski definition) is 3. The lowest BCUT2D eigenvalue weighted by molar-refractivity contribution is 0.407. The molecule has 0 fully saturated rings. The van der Waals surface area contributed by atoms with Crippen LogP contribution in [-0.4, -0.2) is 15.5 Å². The fourth-order valence-corrected chi connectivity index (χ4v) is 3.18. The molecule has 0 saturated carbocycles. The summed E-state index contributed by atoms with van der Waals surface area (Å²) >= 11 is 3.36. The highest BCUT2D eigenvalue weighted by Gasteiger charge is 2.18. The molecular weight excluding hydrogens is 316 g/mol. The van der Waals surface area contributed by atoms with Crippen LogP contribution in [0.25, 0.3) is 0 Å². The number of hydrogen-bond donors (Lipinski definition) is 0. The zero-order valence-electron chi connectivity index (χ0n) is 9.17. The molecule has 0 N–H and O–H groups in total. The lowest BCUT2D eigenvalue weighted by Gasteiger charge is -2.14. The second kappa shape index (κ2) is 4.94. The highest BCUT2D eigenvalue weighted by Crippen LogP contribution is 2.35. The summed E-state index contributed by atoms with van der Waals surface area (Å²) in [7, 11) is 3.17. The lowest BCUT2D eigenvalue weighted by atomic mass is 10.1. The van der Waals surface area contributed by atoms with Crippen LogP contribution in [0.2, 0.25) is 0 Å². The third kappa shape index (κ3) is 3.12. The van der Waals surface area contributed by atoms with Crippen LogP contribution in [0.3, 0.4) is 0 Å². The first-order valence-electron chi connectivity index (χ1n) is 4.51. The summed E-state index contributed by atoms with van der Waals surface area (Å²) in [4.78, 5) is 0. The van der Waals surface area contributed by atoms with E-state index in [2.05, 4.69) is 15.9 Å². The van der Waals surface area contributed by atoms with Gasteiger partial charge in [0.05, 0.1) is 12.9 Å². The van der Waals surface area contributed by atoms with Crippen molar-refractivity contribution < 1.29 is 13.2 Å². The van der Waals surface area contributed by atoms with Crippen LogP contribution in [0, 0.1) is 13.8 Å². The topological polar surface area (TPSA) is 43.4 Å². The van der Waals surface area contributed by atoms with Crippen LogP contribution in [-0.2, 0) is 14.8 Å². The second-order valence-electron chi connectivity index (χ2n) is 3.52. The number of rotatable bonds is 3. The predicted octanol–water partition coefficient (Wildman–Crippen LogP) is 3.14. The molecular formula is C10H12BrClO3S. The van der Waals surface area contributed by atoms with Gasteiger partial charge in [-0.2, -0.15) is 0 Å². The van der Waals surface area contributed by atoms with Crippen molar-refractivity contribution in [3.63, 3.8) is 0 Å². The van der Waals surface area contributed by atoms with Crippen molar-refractivity contribution in [1.82, 2.24) is 0 Å². The minimum absolute atomic E-state index is 0.249. The standard InChI is InChI=1S/C10H12BrClO3S/c1-6-4-7(2)10(15-3)8(9(6)11)5-16(12,13)14/h4H,5H2,1-3H3. The maximum absolute atomic E-state index is 11.1. The zero-order valence-corrected chi connectivity index (χ0v) is 12.3. The summed E-state index contributed by atoms with van der Waals surface area (Å²) in [5.74, 6) is 0.308. The Hall–Kier alpha value is -0.260. The molecule has 1 aromatic carbocycles. The number of halogens is 2. The zero-order chi connectivity index (χ0) is 12.5. The first-order chi connectivity index (χ1) is 7.26. The molecule has 0 atom stereocenters. The summed E-state index contributed by atoms with van der Waals surface area (Å²) in [5, 5.41) is 0. The van der Waals surface area contributed by atoms with Crippen molar-refractivity contribution in [3.05, 3.63) is 27.2 Å². The van der Waals surface area contributed by atoms with Crippen LogP contribution in [0.1, 0.15) is 16.7 Å². The van der Waals surface area contributed by atoms with Gasteiger partial charge < -0.3 is 4.74 Å². The monoisotopic (exact) mass is 326 g/mol. The van der Waals surface area contributed by atoms with Gasteiger partial charge in [-0.1, -0.05) is 22.0 Å². The maximum atomic E-state index is 11.1. The Balaban J connectivity index is 3.45. The summed E-state index contributed by atoms with van der Waals surface area (Å²) < 4.78 is 28.2. The highest BCUT2D eigenvalue weighted by molar-refractivity contribution is 9.10. The van der Waals surface area contributed by atoms with Crippen molar-refractivity contribution in [2.24, 2.45) is 0 Å². The van der Waals surface area contributed by atoms with Gasteiger partial charge in [-0.05, 0) is 25.0 Å². The SMILES string of the molecule is COc1c(C)cc(C)c(Br)c1CS(=O)(=O)Cl. The number of ether oxygens (including phenoxy) is 1. The molecule has 0 aliphatic carbocycles. The summed E-state index contributed by atoms with van der Waals surface area (Å²) in [5.41, 5.74) is 2.40. The molecule has 0 unspecified atom stereocenters. The molecule has 0 saturated heterocycles. The third-order valence-corrected chi connectivity index (χ3v) is 4.26. The first kappa shape index (κ1) is 13.8. The molecule has 16 heavy (non-hydrogen) atoms. The highest BCUT2D eigenvalue weighted by atomic mass is 79.9. The van der Waals surface area contributed by atoms with Crippen LogP contribution < -0.4 is 4.74 Å². The molecule has 0 amide bonds. The average Bonchev–Trinajstić information content (AvgIpc) is 2.12. The molecule has 0 bridgehead atoms. The van der Waals surface area contributed by atoms with E-state index in [0.717, 1.165) is 15.6 Å². The van der Waals surface area contributed by atoms with Gasteiger partial charge in [0.15, 0.2) is 0 Å². The fraction of sp³-hybridized carbons (Fsp3) is 0.400. The van der Waals surface area contributed by atoms with Crippen molar-refractivity contribution >= 4 is 35.7 Å². The molecule has 0 radical (unpaired) electrons. The van der Waals surface area contributed by atoms with Gasteiger partial charge in [0.2, 0.25) is 9.05 Å². The second-order valence-corrected chi connectivity index (χ2v) is 7.09. The fourth-order valence-electron chi connectivity index (χ4n) is 1.61. The van der Waals surface area contributed by atoms with E-state index in [4.69, 9.17) is 15.4 Å². The Morgan fingerprint density at radius 2 is 1.94 bits per heavy atom. The summed E-state index contributed by atoms with van der Waals surface area (Å²) in [6.07, 6.45) is 0. The Kier molecular flexibility index (Phi) is 4.26. The smallest absolute Gasteiger partial charge is 0.236 e. The predicted molar refractivity (Wildman–Crippen MR) is 68.6 cm³/mol. The number of methoxy groups -OCH3 is 1. The maximum Gasteiger partial charge on any atom is 0.236 e. The molecule has 6 heteroatoms. The normalized spacial score (nSPS) is 11.6. The van der Waals surface area contributed by atoms with Gasteiger partial charge in [0.25, 0.3) is 0 Å². The van der Waals surface area contributed by atoms with E-state index in [1.807, 2.05) is 19.9 Å². The van der Waals surface area contributed by atoms with E-state index in [9.17, 15) is 8.42 Å². The van der Waals surface area contributed by atoms with Crippen molar-refractivity contribution in [2.75, 3.05) is 7.11 Å². The summed E-state index contributed by atoms with van der Waals surface area (Å²) in [6.45, 7) is 3.75. The van der Waals surface area contributed by atoms with Gasteiger partial charge in [-0.15, -0.1) is 0 Å². The molecule has 0 heterocycles. The van der Waals surface area contributed by atoms with Crippen LogP contribution in [0.5, 0.6) is 5.75 Å². The van der Waals surface area contributed by atoms with Gasteiger partial charge in [-0.25, -0.2) is 8.42 Å². The van der Waals surface area contributed by atoms with E-state index < -0.39 is 9.05 Å². The average molecular weight is 328 g/mol. The molecule has 1 aromatic rings. The molecule has 3 nitrogen and oxygen atoms in total. The Labute approximate surface area is 108 Å². The van der Waals surface area contributed by atoms with Gasteiger partial charge in [0, 0.05) is 20.7 Å². The molecule has 90 valence electrons. The Morgan fingerprint density at radius 1 is 1.38 bits per heavy atom. The third-order valence-electron chi connectivity index (χ3n) is 2.20. The van der Waals surface area contributed by atoms with E-state index in [-0.39, 0.29) is 5.75 Å². The minimum atomic E-state index is -3.60.